The molecule has 0 aliphatic heterocycles. The van der Waals surface area contributed by atoms with Crippen molar-refractivity contribution in [3.8, 4) is 0 Å². The molecule has 5 aliphatic carbocycles. The molecule has 0 aromatic carbocycles. The molecule has 0 spiro atoms. The minimum Gasteiger partial charge on any atom is -0.510 e. The van der Waals surface area contributed by atoms with Gasteiger partial charge in [0.15, 0.2) is 0 Å². The van der Waals surface area contributed by atoms with Crippen LogP contribution in [-0.2, 0) is 9.53 Å². The van der Waals surface area contributed by atoms with Crippen LogP contribution in [0.1, 0.15) is 93.4 Å². The van der Waals surface area contributed by atoms with E-state index in [1.54, 1.807) is 0 Å². The van der Waals surface area contributed by atoms with Crippen molar-refractivity contribution in [1.82, 2.24) is 0 Å². The first kappa shape index (κ1) is 27.5. The summed E-state index contributed by atoms with van der Waals surface area (Å²) in [5.74, 6) is 0.0457. The van der Waals surface area contributed by atoms with E-state index < -0.39 is 45.9 Å². The van der Waals surface area contributed by atoms with Gasteiger partial charge in [-0.05, 0) is 97.4 Å². The standard InChI is InChI=1S/C31H50O6/c1-16-9-12-27(3)15-20(33)31(7)22(21(27)17(16)2)23(34)24(35)25-28(4)13-11-19(32)30(6,26(36)37-8)18(28)10-14-29(25,31)5/h16-21,24-25,32-35H,9-15H2,1-8H3/t16-,17+,18-,19+,20+,21+,24-,25-,27-,28+,29-,30-,31-/m1/s1. The Bertz CT molecular complexity index is 1010. The first-order valence-corrected chi connectivity index (χ1v) is 14.6. The second-order valence-electron chi connectivity index (χ2n) is 15.0. The molecular formula is C31H50O6. The van der Waals surface area contributed by atoms with E-state index in [0.29, 0.717) is 43.9 Å². The Morgan fingerprint density at radius 2 is 1.57 bits per heavy atom. The van der Waals surface area contributed by atoms with Gasteiger partial charge in [0.25, 0.3) is 0 Å². The summed E-state index contributed by atoms with van der Waals surface area (Å²) in [5.41, 5.74) is -2.00. The van der Waals surface area contributed by atoms with Crippen LogP contribution >= 0.6 is 0 Å². The smallest absolute Gasteiger partial charge is 0.314 e. The average molecular weight is 519 g/mol. The summed E-state index contributed by atoms with van der Waals surface area (Å²) < 4.78 is 5.22. The number of aliphatic hydroxyl groups is 4. The largest absolute Gasteiger partial charge is 0.510 e. The van der Waals surface area contributed by atoms with Crippen molar-refractivity contribution in [3.63, 3.8) is 0 Å². The van der Waals surface area contributed by atoms with Crippen molar-refractivity contribution in [3.05, 3.63) is 11.3 Å². The van der Waals surface area contributed by atoms with Crippen molar-refractivity contribution in [2.24, 2.45) is 56.7 Å². The molecule has 0 aromatic rings. The van der Waals surface area contributed by atoms with Gasteiger partial charge < -0.3 is 25.2 Å². The molecule has 0 amide bonds. The van der Waals surface area contributed by atoms with Gasteiger partial charge in [0.05, 0.1) is 24.7 Å². The zero-order chi connectivity index (χ0) is 27.5. The summed E-state index contributed by atoms with van der Waals surface area (Å²) in [4.78, 5) is 13.1. The molecule has 4 N–H and O–H groups in total. The van der Waals surface area contributed by atoms with E-state index in [0.717, 1.165) is 18.4 Å². The molecule has 4 saturated carbocycles. The van der Waals surface area contributed by atoms with Crippen LogP contribution in [0.15, 0.2) is 11.3 Å². The third-order valence-electron chi connectivity index (χ3n) is 13.7. The summed E-state index contributed by atoms with van der Waals surface area (Å²) in [6.45, 7) is 15.2. The number of fused-ring (bicyclic) bond motifs is 7. The Balaban J connectivity index is 1.71. The molecule has 4 fully saturated rings. The Labute approximate surface area is 222 Å². The van der Waals surface area contributed by atoms with E-state index in [4.69, 9.17) is 4.74 Å². The molecule has 0 unspecified atom stereocenters. The van der Waals surface area contributed by atoms with Gasteiger partial charge in [-0.25, -0.2) is 0 Å². The summed E-state index contributed by atoms with van der Waals surface area (Å²) in [7, 11) is 1.37. The van der Waals surface area contributed by atoms with Crippen LogP contribution in [0.25, 0.3) is 0 Å². The Morgan fingerprint density at radius 1 is 0.919 bits per heavy atom. The average Bonchev–Trinajstić information content (AvgIpc) is 2.83. The van der Waals surface area contributed by atoms with Crippen LogP contribution in [0, 0.1) is 56.7 Å². The molecule has 5 rings (SSSR count). The van der Waals surface area contributed by atoms with Crippen molar-refractivity contribution in [2.75, 3.05) is 7.11 Å². The monoisotopic (exact) mass is 518 g/mol. The van der Waals surface area contributed by atoms with Gasteiger partial charge in [-0.3, -0.25) is 4.79 Å². The van der Waals surface area contributed by atoms with Crippen molar-refractivity contribution < 1.29 is 30.0 Å². The lowest BCUT2D eigenvalue weighted by Gasteiger charge is -2.72. The highest BCUT2D eigenvalue weighted by Crippen LogP contribution is 2.76. The van der Waals surface area contributed by atoms with E-state index >= 15 is 0 Å². The maximum atomic E-state index is 13.1. The Morgan fingerprint density at radius 3 is 2.19 bits per heavy atom. The molecule has 0 radical (unpaired) electrons. The Hall–Kier alpha value is -1.11. The van der Waals surface area contributed by atoms with E-state index in [9.17, 15) is 25.2 Å². The number of esters is 1. The topological polar surface area (TPSA) is 107 Å². The fourth-order valence-corrected chi connectivity index (χ4v) is 11.3. The predicted octanol–water partition coefficient (Wildman–Crippen LogP) is 5.01. The molecule has 6 heteroatoms. The molecule has 0 bridgehead atoms. The predicted molar refractivity (Wildman–Crippen MR) is 141 cm³/mol. The number of methoxy groups -OCH3 is 1. The molecule has 0 heterocycles. The fourth-order valence-electron chi connectivity index (χ4n) is 11.3. The summed E-state index contributed by atoms with van der Waals surface area (Å²) in [6, 6.07) is 0. The van der Waals surface area contributed by atoms with Gasteiger partial charge in [-0.2, -0.15) is 0 Å². The van der Waals surface area contributed by atoms with Crippen LogP contribution in [0.4, 0.5) is 0 Å². The second-order valence-corrected chi connectivity index (χ2v) is 15.0. The van der Waals surface area contributed by atoms with Crippen LogP contribution in [0.2, 0.25) is 0 Å². The van der Waals surface area contributed by atoms with E-state index in [1.165, 1.54) is 7.11 Å². The molecular weight excluding hydrogens is 468 g/mol. The lowest BCUT2D eigenvalue weighted by atomic mass is 9.32. The van der Waals surface area contributed by atoms with Gasteiger partial charge in [0, 0.05) is 11.3 Å². The van der Waals surface area contributed by atoms with Crippen LogP contribution in [0.3, 0.4) is 0 Å². The number of carbonyl (C=O) groups excluding carboxylic acids is 1. The number of rotatable bonds is 1. The van der Waals surface area contributed by atoms with E-state index in [-0.39, 0.29) is 28.9 Å². The van der Waals surface area contributed by atoms with Crippen LogP contribution < -0.4 is 0 Å². The third-order valence-corrected chi connectivity index (χ3v) is 13.7. The minimum absolute atomic E-state index is 0.0636. The normalized spacial score (nSPS) is 57.5. The molecule has 6 nitrogen and oxygen atoms in total. The van der Waals surface area contributed by atoms with Gasteiger partial charge in [-0.15, -0.1) is 0 Å². The first-order chi connectivity index (χ1) is 17.1. The zero-order valence-electron chi connectivity index (χ0n) is 24.2. The van der Waals surface area contributed by atoms with Gasteiger partial charge >= 0.3 is 5.97 Å². The summed E-state index contributed by atoms with van der Waals surface area (Å²) in [5, 5.41) is 47.2. The Kier molecular flexibility index (Phi) is 6.09. The van der Waals surface area contributed by atoms with Crippen molar-refractivity contribution >= 4 is 5.97 Å². The quantitative estimate of drug-likeness (QED) is 0.364. The maximum absolute atomic E-state index is 13.1. The molecule has 37 heavy (non-hydrogen) atoms. The van der Waals surface area contributed by atoms with Crippen molar-refractivity contribution in [1.29, 1.82) is 0 Å². The SMILES string of the molecule is COC(=O)[C@]1(C)[C@@H]2CC[C@]3(C)[C@H]([C@H](O)C(O)=C4[C@@H]5[C@@H](C)[C@H](C)CC[C@]5(C)C[C@H](O)[C@]43C)[C@@]2(C)CC[C@@H]1O. The zero-order valence-corrected chi connectivity index (χ0v) is 24.2. The number of aliphatic hydroxyl groups excluding tert-OH is 4. The summed E-state index contributed by atoms with van der Waals surface area (Å²) in [6.07, 6.45) is 2.78. The maximum Gasteiger partial charge on any atom is 0.314 e. The fraction of sp³-hybridized carbons (Fsp3) is 0.903. The number of hydrogen-bond acceptors (Lipinski definition) is 6. The molecule has 0 aromatic heterocycles. The number of hydrogen-bond donors (Lipinski definition) is 4. The van der Waals surface area contributed by atoms with Gasteiger partial charge in [0.1, 0.15) is 11.9 Å². The highest BCUT2D eigenvalue weighted by molar-refractivity contribution is 5.78. The number of ether oxygens (including phenoxy) is 1. The third kappa shape index (κ3) is 3.07. The van der Waals surface area contributed by atoms with Gasteiger partial charge in [-0.1, -0.05) is 41.5 Å². The summed E-state index contributed by atoms with van der Waals surface area (Å²) >= 11 is 0. The van der Waals surface area contributed by atoms with E-state index in [1.807, 2.05) is 6.92 Å². The second kappa shape index (κ2) is 8.20. The molecule has 0 saturated heterocycles. The molecule has 5 aliphatic rings. The lowest BCUT2D eigenvalue weighted by molar-refractivity contribution is -0.254. The molecule has 13 atom stereocenters. The lowest BCUT2D eigenvalue weighted by Crippen LogP contribution is -2.71. The molecule has 210 valence electrons. The minimum atomic E-state index is -1.08. The first-order valence-electron chi connectivity index (χ1n) is 14.6. The van der Waals surface area contributed by atoms with Crippen molar-refractivity contribution in [2.45, 2.75) is 112 Å². The highest BCUT2D eigenvalue weighted by atomic mass is 16.5. The van der Waals surface area contributed by atoms with E-state index in [2.05, 4.69) is 41.5 Å². The van der Waals surface area contributed by atoms with Gasteiger partial charge in [0.2, 0.25) is 0 Å². The van der Waals surface area contributed by atoms with Crippen LogP contribution in [-0.4, -0.2) is 51.8 Å². The highest BCUT2D eigenvalue weighted by Gasteiger charge is 2.74. The van der Waals surface area contributed by atoms with Crippen LogP contribution in [0.5, 0.6) is 0 Å². The number of carbonyl (C=O) groups is 1.